The number of fused-ring (bicyclic) bond motifs is 3. The molecule has 3 aromatic carbocycles. The van der Waals surface area contributed by atoms with Gasteiger partial charge in [0.1, 0.15) is 0 Å². The van der Waals surface area contributed by atoms with Crippen LogP contribution in [0.25, 0.3) is 10.8 Å². The fourth-order valence-corrected chi connectivity index (χ4v) is 3.46. The Morgan fingerprint density at radius 3 is 2.55 bits per heavy atom. The quantitative estimate of drug-likeness (QED) is 0.695. The highest BCUT2D eigenvalue weighted by Gasteiger charge is 2.28. The second kappa shape index (κ2) is 4.99. The zero-order valence-corrected chi connectivity index (χ0v) is 12.5. The average Bonchev–Trinajstić information content (AvgIpc) is 2.54. The van der Waals surface area contributed by atoms with E-state index in [1.54, 1.807) is 0 Å². The zero-order valence-electron chi connectivity index (χ0n) is 12.5. The lowest BCUT2D eigenvalue weighted by Crippen LogP contribution is -2.24. The molecule has 0 aromatic heterocycles. The van der Waals surface area contributed by atoms with Gasteiger partial charge >= 0.3 is 0 Å². The van der Waals surface area contributed by atoms with Crippen molar-refractivity contribution in [2.24, 2.45) is 0 Å². The lowest BCUT2D eigenvalue weighted by atomic mass is 9.82. The fourth-order valence-electron chi connectivity index (χ4n) is 3.46. The molecule has 0 saturated heterocycles. The number of hydrogen-bond acceptors (Lipinski definition) is 1. The van der Waals surface area contributed by atoms with Gasteiger partial charge in [-0.05, 0) is 29.0 Å². The number of carbonyl (C=O) groups is 1. The molecule has 4 rings (SSSR count). The number of amides is 1. The summed E-state index contributed by atoms with van der Waals surface area (Å²) < 4.78 is 0. The average molecular weight is 287 g/mol. The summed E-state index contributed by atoms with van der Waals surface area (Å²) in [7, 11) is 0. The van der Waals surface area contributed by atoms with Crippen LogP contribution >= 0.6 is 0 Å². The second-order valence-electron chi connectivity index (χ2n) is 5.91. The van der Waals surface area contributed by atoms with Gasteiger partial charge < -0.3 is 5.32 Å². The van der Waals surface area contributed by atoms with Crippen molar-refractivity contribution in [3.8, 4) is 0 Å². The van der Waals surface area contributed by atoms with Crippen molar-refractivity contribution < 1.29 is 4.79 Å². The Balaban J connectivity index is 1.97. The molecule has 0 fully saturated rings. The van der Waals surface area contributed by atoms with Crippen molar-refractivity contribution >= 4 is 22.4 Å². The van der Waals surface area contributed by atoms with Crippen molar-refractivity contribution in [1.82, 2.24) is 0 Å². The van der Waals surface area contributed by atoms with E-state index in [2.05, 4.69) is 54.7 Å². The maximum Gasteiger partial charge on any atom is 0.225 e. The lowest BCUT2D eigenvalue weighted by Gasteiger charge is -2.28. The summed E-state index contributed by atoms with van der Waals surface area (Å²) >= 11 is 0. The van der Waals surface area contributed by atoms with Gasteiger partial charge in [-0.3, -0.25) is 4.79 Å². The first-order chi connectivity index (χ1) is 10.7. The Morgan fingerprint density at radius 1 is 0.909 bits per heavy atom. The van der Waals surface area contributed by atoms with Gasteiger partial charge in [-0.1, -0.05) is 60.7 Å². The van der Waals surface area contributed by atoms with Gasteiger partial charge in [0, 0.05) is 17.7 Å². The van der Waals surface area contributed by atoms with Crippen LogP contribution < -0.4 is 5.32 Å². The summed E-state index contributed by atoms with van der Waals surface area (Å²) in [5, 5.41) is 5.36. The van der Waals surface area contributed by atoms with Crippen LogP contribution in [0.1, 0.15) is 29.0 Å². The monoisotopic (exact) mass is 287 g/mol. The van der Waals surface area contributed by atoms with E-state index >= 15 is 0 Å². The molecular formula is C20H17NO. The largest absolute Gasteiger partial charge is 0.325 e. The van der Waals surface area contributed by atoms with E-state index in [-0.39, 0.29) is 11.8 Å². The van der Waals surface area contributed by atoms with E-state index in [1.165, 1.54) is 16.7 Å². The standard InChI is InChI=1S/C20H17NO/c1-13-6-2-4-8-15(13)18-12-19(22)21-20-16-9-5-3-7-14(16)10-11-17(18)20/h2-11,18H,12H2,1H3,(H,21,22). The highest BCUT2D eigenvalue weighted by molar-refractivity contribution is 6.06. The first-order valence-corrected chi connectivity index (χ1v) is 7.61. The minimum atomic E-state index is 0.0945. The molecule has 1 aliphatic heterocycles. The molecule has 0 aliphatic carbocycles. The van der Waals surface area contributed by atoms with Gasteiger partial charge in [0.05, 0.1) is 5.69 Å². The maximum atomic E-state index is 12.3. The van der Waals surface area contributed by atoms with Crippen LogP contribution in [0.15, 0.2) is 60.7 Å². The number of benzene rings is 3. The molecule has 1 unspecified atom stereocenters. The van der Waals surface area contributed by atoms with Crippen molar-refractivity contribution in [3.63, 3.8) is 0 Å². The van der Waals surface area contributed by atoms with Gasteiger partial charge in [-0.2, -0.15) is 0 Å². The van der Waals surface area contributed by atoms with Crippen LogP contribution in [0, 0.1) is 6.92 Å². The minimum absolute atomic E-state index is 0.0945. The van der Waals surface area contributed by atoms with Crippen molar-refractivity contribution in [1.29, 1.82) is 0 Å². The Hall–Kier alpha value is -2.61. The molecule has 1 heterocycles. The summed E-state index contributed by atoms with van der Waals surface area (Å²) in [6.07, 6.45) is 0.510. The molecule has 0 bridgehead atoms. The number of rotatable bonds is 1. The first-order valence-electron chi connectivity index (χ1n) is 7.61. The van der Waals surface area contributed by atoms with E-state index in [0.29, 0.717) is 6.42 Å². The number of nitrogens with one attached hydrogen (secondary N) is 1. The van der Waals surface area contributed by atoms with E-state index in [1.807, 2.05) is 18.2 Å². The third-order valence-electron chi connectivity index (χ3n) is 4.55. The molecule has 0 radical (unpaired) electrons. The third kappa shape index (κ3) is 2.00. The Labute approximate surface area is 129 Å². The van der Waals surface area contributed by atoms with Gasteiger partial charge in [0.15, 0.2) is 0 Å². The fraction of sp³-hybridized carbons (Fsp3) is 0.150. The van der Waals surface area contributed by atoms with Crippen molar-refractivity contribution in [2.45, 2.75) is 19.3 Å². The molecule has 2 heteroatoms. The van der Waals surface area contributed by atoms with Crippen molar-refractivity contribution in [2.75, 3.05) is 5.32 Å². The SMILES string of the molecule is Cc1ccccc1C1CC(=O)Nc2c1ccc1ccccc21. The molecule has 108 valence electrons. The summed E-state index contributed by atoms with van der Waals surface area (Å²) in [5.74, 6) is 0.228. The molecule has 2 nitrogen and oxygen atoms in total. The molecule has 3 aromatic rings. The molecular weight excluding hydrogens is 270 g/mol. The number of hydrogen-bond donors (Lipinski definition) is 1. The minimum Gasteiger partial charge on any atom is -0.325 e. The van der Waals surface area contributed by atoms with E-state index in [9.17, 15) is 4.79 Å². The predicted molar refractivity (Wildman–Crippen MR) is 90.2 cm³/mol. The summed E-state index contributed by atoms with van der Waals surface area (Å²) in [4.78, 5) is 12.3. The molecule has 1 amide bonds. The first kappa shape index (κ1) is 13.1. The summed E-state index contributed by atoms with van der Waals surface area (Å²) in [6.45, 7) is 2.11. The van der Waals surface area contributed by atoms with Crippen LogP contribution in [0.3, 0.4) is 0 Å². The second-order valence-corrected chi connectivity index (χ2v) is 5.91. The molecule has 1 aliphatic rings. The van der Waals surface area contributed by atoms with Crippen LogP contribution in [0.2, 0.25) is 0 Å². The topological polar surface area (TPSA) is 29.1 Å². The normalized spacial score (nSPS) is 17.1. The Morgan fingerprint density at radius 2 is 1.68 bits per heavy atom. The smallest absolute Gasteiger partial charge is 0.225 e. The van der Waals surface area contributed by atoms with Crippen LogP contribution in [0.5, 0.6) is 0 Å². The van der Waals surface area contributed by atoms with E-state index in [0.717, 1.165) is 16.5 Å². The maximum absolute atomic E-state index is 12.3. The molecule has 0 spiro atoms. The van der Waals surface area contributed by atoms with Crippen LogP contribution in [-0.2, 0) is 4.79 Å². The number of aryl methyl sites for hydroxylation is 1. The summed E-state index contributed by atoms with van der Waals surface area (Å²) in [6, 6.07) is 20.9. The number of carbonyl (C=O) groups excluding carboxylic acids is 1. The van der Waals surface area contributed by atoms with Crippen LogP contribution in [0.4, 0.5) is 5.69 Å². The highest BCUT2D eigenvalue weighted by atomic mass is 16.1. The molecule has 1 atom stereocenters. The predicted octanol–water partition coefficient (Wildman–Crippen LogP) is 4.62. The van der Waals surface area contributed by atoms with E-state index in [4.69, 9.17) is 0 Å². The van der Waals surface area contributed by atoms with Gasteiger partial charge in [-0.15, -0.1) is 0 Å². The Kier molecular flexibility index (Phi) is 2.97. The van der Waals surface area contributed by atoms with Crippen molar-refractivity contribution in [3.05, 3.63) is 77.4 Å². The highest BCUT2D eigenvalue weighted by Crippen LogP contribution is 2.41. The summed E-state index contributed by atoms with van der Waals surface area (Å²) in [5.41, 5.74) is 4.67. The Bertz CT molecular complexity index is 882. The van der Waals surface area contributed by atoms with Gasteiger partial charge in [0.25, 0.3) is 0 Å². The third-order valence-corrected chi connectivity index (χ3v) is 4.55. The zero-order chi connectivity index (χ0) is 15.1. The van der Waals surface area contributed by atoms with E-state index < -0.39 is 0 Å². The number of anilines is 1. The molecule has 22 heavy (non-hydrogen) atoms. The molecule has 0 saturated carbocycles. The lowest BCUT2D eigenvalue weighted by molar-refractivity contribution is -0.116. The van der Waals surface area contributed by atoms with Crippen LogP contribution in [-0.4, -0.2) is 5.91 Å². The van der Waals surface area contributed by atoms with Gasteiger partial charge in [0.2, 0.25) is 5.91 Å². The van der Waals surface area contributed by atoms with Gasteiger partial charge in [-0.25, -0.2) is 0 Å². The molecule has 1 N–H and O–H groups in total.